The van der Waals surface area contributed by atoms with Gasteiger partial charge in [-0.2, -0.15) is 61.5 Å². The van der Waals surface area contributed by atoms with Crippen LogP contribution >= 0.6 is 0 Å². The molecular formula is C11H11F14N3O4S2. The number of nitrogens with zero attached hydrogens (tertiary/aromatic N) is 3. The average molecular weight is 579 g/mol. The van der Waals surface area contributed by atoms with Crippen LogP contribution in [0.2, 0.25) is 0 Å². The van der Waals surface area contributed by atoms with Gasteiger partial charge in [-0.05, 0) is 0 Å². The van der Waals surface area contributed by atoms with Gasteiger partial charge in [0.15, 0.2) is 33.1 Å². The average Bonchev–Trinajstić information content (AvgIpc) is 2.87. The maximum absolute atomic E-state index is 12.6. The Hall–Kier alpha value is -1.91. The van der Waals surface area contributed by atoms with Gasteiger partial charge in [0.05, 0.1) is 0 Å². The maximum atomic E-state index is 12.6. The first-order valence-electron chi connectivity index (χ1n) is 7.04. The SMILES string of the molecule is C.FC(F)(F)Cn1cc[n+](CC(F)(F)C(F)(F)F)c1.O=S(=O)([N-]S(=O)(=O)C(F)(F)F)C(F)(F)F. The summed E-state index contributed by atoms with van der Waals surface area (Å²) in [4.78, 5) is 0. The van der Waals surface area contributed by atoms with Crippen LogP contribution in [-0.2, 0) is 33.1 Å². The Kier molecular flexibility index (Phi) is 10.5. The minimum Gasteiger partial charge on any atom is -0.421 e. The fourth-order valence-electron chi connectivity index (χ4n) is 1.37. The predicted molar refractivity (Wildman–Crippen MR) is 81.7 cm³/mol. The molecule has 0 aliphatic carbocycles. The van der Waals surface area contributed by atoms with Gasteiger partial charge in [-0.15, -0.1) is 0 Å². The van der Waals surface area contributed by atoms with Gasteiger partial charge in [-0.25, -0.2) is 26.0 Å². The molecule has 1 rings (SSSR count). The highest BCUT2D eigenvalue weighted by Crippen LogP contribution is 2.36. The minimum absolute atomic E-state index is 0. The van der Waals surface area contributed by atoms with Gasteiger partial charge in [0, 0.05) is 0 Å². The Morgan fingerprint density at radius 3 is 1.41 bits per heavy atom. The normalized spacial score (nSPS) is 14.2. The summed E-state index contributed by atoms with van der Waals surface area (Å²) in [5.74, 6) is -5.00. The van der Waals surface area contributed by atoms with Crippen molar-refractivity contribution in [3.8, 4) is 0 Å². The van der Waals surface area contributed by atoms with Crippen LogP contribution in [0.5, 0.6) is 0 Å². The monoisotopic (exact) mass is 579 g/mol. The van der Waals surface area contributed by atoms with Gasteiger partial charge in [-0.3, -0.25) is 0 Å². The molecule has 0 fully saturated rings. The van der Waals surface area contributed by atoms with Gasteiger partial charge >= 0.3 is 29.3 Å². The lowest BCUT2D eigenvalue weighted by Crippen LogP contribution is -2.50. The highest BCUT2D eigenvalue weighted by atomic mass is 32.3. The third-order valence-electron chi connectivity index (χ3n) is 2.69. The van der Waals surface area contributed by atoms with E-state index in [4.69, 9.17) is 0 Å². The Morgan fingerprint density at radius 1 is 0.735 bits per heavy atom. The molecule has 7 nitrogen and oxygen atoms in total. The molecule has 204 valence electrons. The molecular weight excluding hydrogens is 568 g/mol. The van der Waals surface area contributed by atoms with Crippen LogP contribution in [0.25, 0.3) is 4.13 Å². The molecule has 0 unspecified atom stereocenters. The van der Waals surface area contributed by atoms with Crippen molar-refractivity contribution in [2.75, 3.05) is 0 Å². The summed E-state index contributed by atoms with van der Waals surface area (Å²) in [6.07, 6.45) is -8.31. The maximum Gasteiger partial charge on any atom is 0.480 e. The number of alkyl halides is 14. The van der Waals surface area contributed by atoms with Crippen molar-refractivity contribution in [3.63, 3.8) is 0 Å². The van der Waals surface area contributed by atoms with Crippen LogP contribution in [0.1, 0.15) is 7.43 Å². The molecule has 0 aliphatic heterocycles. The number of halogens is 14. The molecule has 0 N–H and O–H groups in total. The predicted octanol–water partition coefficient (Wildman–Crippen LogP) is 4.23. The fraction of sp³-hybridized carbons (Fsp3) is 0.727. The van der Waals surface area contributed by atoms with E-state index in [1.807, 2.05) is 0 Å². The smallest absolute Gasteiger partial charge is 0.421 e. The lowest BCUT2D eigenvalue weighted by Gasteiger charge is -2.22. The van der Waals surface area contributed by atoms with Crippen molar-refractivity contribution in [1.29, 1.82) is 0 Å². The summed E-state index contributed by atoms with van der Waals surface area (Å²) in [7, 11) is -13.4. The van der Waals surface area contributed by atoms with E-state index < -0.39 is 62.4 Å². The molecule has 0 atom stereocenters. The lowest BCUT2D eigenvalue weighted by molar-refractivity contribution is -0.719. The molecule has 0 aromatic carbocycles. The van der Waals surface area contributed by atoms with Gasteiger partial charge in [0.25, 0.3) is 0 Å². The van der Waals surface area contributed by atoms with Crippen LogP contribution < -0.4 is 4.57 Å². The largest absolute Gasteiger partial charge is 0.480 e. The number of rotatable bonds is 5. The Labute approximate surface area is 181 Å². The van der Waals surface area contributed by atoms with E-state index >= 15 is 0 Å². The third kappa shape index (κ3) is 10.1. The van der Waals surface area contributed by atoms with Crippen LogP contribution in [0.3, 0.4) is 0 Å². The molecule has 0 bridgehead atoms. The van der Waals surface area contributed by atoms with Crippen molar-refractivity contribution in [2.45, 2.75) is 49.8 Å². The second-order valence-electron chi connectivity index (χ2n) is 5.49. The van der Waals surface area contributed by atoms with Crippen LogP contribution in [0.4, 0.5) is 61.5 Å². The van der Waals surface area contributed by atoms with Gasteiger partial charge < -0.3 is 4.13 Å². The second kappa shape index (κ2) is 10.4. The van der Waals surface area contributed by atoms with E-state index in [0.29, 0.717) is 21.7 Å². The summed E-state index contributed by atoms with van der Waals surface area (Å²) in [5.41, 5.74) is -12.4. The van der Waals surface area contributed by atoms with E-state index in [-0.39, 0.29) is 7.43 Å². The van der Waals surface area contributed by atoms with Gasteiger partial charge in [0.1, 0.15) is 12.4 Å². The molecule has 0 spiro atoms. The van der Waals surface area contributed by atoms with E-state index in [0.717, 1.165) is 10.3 Å². The number of hydrogen-bond acceptors (Lipinski definition) is 4. The summed E-state index contributed by atoms with van der Waals surface area (Å²) in [5, 5.41) is 0. The molecule has 0 amide bonds. The first kappa shape index (κ1) is 34.3. The number of aromatic nitrogens is 2. The summed E-state index contributed by atoms with van der Waals surface area (Å²) >= 11 is 0. The molecule has 23 heteroatoms. The van der Waals surface area contributed by atoms with Crippen molar-refractivity contribution >= 4 is 20.0 Å². The zero-order valence-electron chi connectivity index (χ0n) is 14.7. The molecule has 1 aromatic rings. The topological polar surface area (TPSA) is 91.2 Å². The Morgan fingerprint density at radius 2 is 1.12 bits per heavy atom. The molecule has 0 radical (unpaired) electrons. The second-order valence-corrected chi connectivity index (χ2v) is 8.91. The molecule has 1 heterocycles. The van der Waals surface area contributed by atoms with E-state index in [1.165, 1.54) is 0 Å². The van der Waals surface area contributed by atoms with E-state index in [1.54, 1.807) is 0 Å². The van der Waals surface area contributed by atoms with Crippen LogP contribution in [0.15, 0.2) is 18.7 Å². The Balaban J connectivity index is 0. The van der Waals surface area contributed by atoms with Gasteiger partial charge in [0.2, 0.25) is 6.33 Å². The van der Waals surface area contributed by atoms with Crippen molar-refractivity contribution in [2.24, 2.45) is 0 Å². The van der Waals surface area contributed by atoms with Crippen LogP contribution in [-0.4, -0.2) is 50.7 Å². The van der Waals surface area contributed by atoms with Crippen molar-refractivity contribution in [3.05, 3.63) is 22.8 Å². The number of imidazole rings is 1. The van der Waals surface area contributed by atoms with Crippen LogP contribution in [0, 0.1) is 0 Å². The van der Waals surface area contributed by atoms with Gasteiger partial charge in [-0.1, -0.05) is 7.43 Å². The number of hydrogen-bond donors (Lipinski definition) is 0. The first-order chi connectivity index (χ1) is 14.1. The molecule has 1 aromatic heterocycles. The quantitative estimate of drug-likeness (QED) is 0.386. The molecule has 0 saturated carbocycles. The Bertz CT molecular complexity index is 961. The van der Waals surface area contributed by atoms with Crippen molar-refractivity contribution in [1.82, 2.24) is 4.57 Å². The highest BCUT2D eigenvalue weighted by Gasteiger charge is 2.59. The van der Waals surface area contributed by atoms with E-state index in [2.05, 4.69) is 0 Å². The summed E-state index contributed by atoms with van der Waals surface area (Å²) in [6.45, 7) is -3.22. The molecule has 34 heavy (non-hydrogen) atoms. The third-order valence-corrected chi connectivity index (χ3v) is 5.43. The standard InChI is InChI=1S/C8H7F8N2.C2F6NO4S2.CH4/c9-6(10,8(14,15)16)3-17-1-2-18(5-17)4-7(11,12)13;3-1(4,5)14(10,11)9-15(12,13)2(6,7)8;/h1-2,5H,3-4H2;;1H4/q+1;-1;. The summed E-state index contributed by atoms with van der Waals surface area (Å²) < 4.78 is 206. The van der Waals surface area contributed by atoms with Crippen molar-refractivity contribution < 1.29 is 82.9 Å². The molecule has 0 aliphatic rings. The fourth-order valence-corrected chi connectivity index (χ4v) is 3.08. The first-order valence-corrected chi connectivity index (χ1v) is 9.92. The molecule has 0 saturated heterocycles. The van der Waals surface area contributed by atoms with E-state index in [9.17, 15) is 78.3 Å². The zero-order chi connectivity index (χ0) is 26.9. The number of sulfonamides is 2. The zero-order valence-corrected chi connectivity index (χ0v) is 16.4. The summed E-state index contributed by atoms with van der Waals surface area (Å²) in [6, 6.07) is 0. The highest BCUT2D eigenvalue weighted by molar-refractivity contribution is 8.13. The minimum atomic E-state index is -6.72. The lowest BCUT2D eigenvalue weighted by atomic mass is 10.3.